The predicted octanol–water partition coefficient (Wildman–Crippen LogP) is 1.35. The van der Waals surface area contributed by atoms with Crippen molar-refractivity contribution < 1.29 is 5.11 Å². The highest BCUT2D eigenvalue weighted by molar-refractivity contribution is 5.07. The van der Waals surface area contributed by atoms with Crippen LogP contribution in [0.1, 0.15) is 56.1 Å². The van der Waals surface area contributed by atoms with Crippen molar-refractivity contribution >= 4 is 0 Å². The van der Waals surface area contributed by atoms with Crippen LogP contribution in [0.4, 0.5) is 0 Å². The van der Waals surface area contributed by atoms with Gasteiger partial charge in [-0.2, -0.15) is 5.10 Å². The monoisotopic (exact) mass is 264 g/mol. The van der Waals surface area contributed by atoms with Gasteiger partial charge in [0.15, 0.2) is 5.82 Å². The Labute approximate surface area is 114 Å². The zero-order valence-corrected chi connectivity index (χ0v) is 11.8. The van der Waals surface area contributed by atoms with Crippen molar-refractivity contribution in [2.45, 2.75) is 51.0 Å². The summed E-state index contributed by atoms with van der Waals surface area (Å²) in [6.45, 7) is 6.79. The van der Waals surface area contributed by atoms with Crippen LogP contribution < -0.4 is 0 Å². The first-order chi connectivity index (χ1) is 9.31. The first-order valence-electron chi connectivity index (χ1n) is 7.59. The second-order valence-electron chi connectivity index (χ2n) is 5.81. The first-order valence-corrected chi connectivity index (χ1v) is 7.59. The lowest BCUT2D eigenvalue weighted by Crippen LogP contribution is -2.34. The number of hydrogen-bond donors (Lipinski definition) is 1. The van der Waals surface area contributed by atoms with E-state index in [0.717, 1.165) is 44.1 Å². The Morgan fingerprint density at radius 3 is 2.89 bits per heavy atom. The SMILES string of the molecule is CCN1CCCC(c2nc3n(n2)CCCC3CO)C1. The fraction of sp³-hybridized carbons (Fsp3) is 0.857. The fourth-order valence-corrected chi connectivity index (χ4v) is 3.35. The van der Waals surface area contributed by atoms with Gasteiger partial charge in [0.05, 0.1) is 6.61 Å². The molecule has 5 heteroatoms. The molecule has 0 saturated carbocycles. The Morgan fingerprint density at radius 2 is 2.11 bits per heavy atom. The summed E-state index contributed by atoms with van der Waals surface area (Å²) >= 11 is 0. The number of piperidine rings is 1. The maximum Gasteiger partial charge on any atom is 0.155 e. The van der Waals surface area contributed by atoms with Gasteiger partial charge in [-0.05, 0) is 38.8 Å². The molecule has 1 aromatic heterocycles. The van der Waals surface area contributed by atoms with Gasteiger partial charge in [0, 0.05) is 24.9 Å². The van der Waals surface area contributed by atoms with Crippen LogP contribution in [-0.4, -0.2) is 51.0 Å². The largest absolute Gasteiger partial charge is 0.396 e. The van der Waals surface area contributed by atoms with E-state index < -0.39 is 0 Å². The molecule has 1 saturated heterocycles. The molecule has 2 aliphatic rings. The Bertz CT molecular complexity index is 431. The fourth-order valence-electron chi connectivity index (χ4n) is 3.35. The summed E-state index contributed by atoms with van der Waals surface area (Å²) in [5.74, 6) is 2.69. The van der Waals surface area contributed by atoms with Crippen LogP contribution in [0.25, 0.3) is 0 Å². The Morgan fingerprint density at radius 1 is 1.26 bits per heavy atom. The normalized spacial score (nSPS) is 28.3. The highest BCUT2D eigenvalue weighted by Crippen LogP contribution is 2.29. The van der Waals surface area contributed by atoms with Crippen LogP contribution >= 0.6 is 0 Å². The van der Waals surface area contributed by atoms with Crippen LogP contribution in [0, 0.1) is 0 Å². The number of likely N-dealkylation sites (tertiary alicyclic amines) is 1. The molecule has 0 bridgehead atoms. The molecule has 0 spiro atoms. The minimum absolute atomic E-state index is 0.195. The Kier molecular flexibility index (Phi) is 3.84. The smallest absolute Gasteiger partial charge is 0.155 e. The van der Waals surface area contributed by atoms with E-state index in [1.165, 1.54) is 19.4 Å². The lowest BCUT2D eigenvalue weighted by Gasteiger charge is -2.30. The van der Waals surface area contributed by atoms with Crippen LogP contribution in [0.2, 0.25) is 0 Å². The van der Waals surface area contributed by atoms with Crippen molar-refractivity contribution in [3.63, 3.8) is 0 Å². The van der Waals surface area contributed by atoms with E-state index in [4.69, 9.17) is 10.1 Å². The number of hydrogen-bond acceptors (Lipinski definition) is 4. The number of aliphatic hydroxyl groups excluding tert-OH is 1. The molecule has 0 aromatic carbocycles. The molecule has 0 aliphatic carbocycles. The second kappa shape index (κ2) is 5.59. The van der Waals surface area contributed by atoms with E-state index in [-0.39, 0.29) is 12.5 Å². The molecule has 106 valence electrons. The number of fused-ring (bicyclic) bond motifs is 1. The average molecular weight is 264 g/mol. The van der Waals surface area contributed by atoms with E-state index >= 15 is 0 Å². The maximum absolute atomic E-state index is 9.45. The molecule has 1 fully saturated rings. The highest BCUT2D eigenvalue weighted by Gasteiger charge is 2.28. The maximum atomic E-state index is 9.45. The van der Waals surface area contributed by atoms with Crippen molar-refractivity contribution in [2.75, 3.05) is 26.2 Å². The molecule has 2 aliphatic heterocycles. The van der Waals surface area contributed by atoms with Gasteiger partial charge in [-0.15, -0.1) is 0 Å². The molecular weight excluding hydrogens is 240 g/mol. The van der Waals surface area contributed by atoms with E-state index in [1.54, 1.807) is 0 Å². The molecule has 1 aromatic rings. The van der Waals surface area contributed by atoms with E-state index in [9.17, 15) is 5.11 Å². The first kappa shape index (κ1) is 13.1. The number of likely N-dealkylation sites (N-methyl/N-ethyl adjacent to an activating group) is 1. The van der Waals surface area contributed by atoms with Crippen molar-refractivity contribution in [3.8, 4) is 0 Å². The van der Waals surface area contributed by atoms with Crippen molar-refractivity contribution in [1.29, 1.82) is 0 Å². The summed E-state index contributed by atoms with van der Waals surface area (Å²) in [6, 6.07) is 0. The second-order valence-corrected chi connectivity index (χ2v) is 5.81. The third-order valence-corrected chi connectivity index (χ3v) is 4.54. The molecule has 3 rings (SSSR count). The summed E-state index contributed by atoms with van der Waals surface area (Å²) in [7, 11) is 0. The molecule has 3 heterocycles. The third-order valence-electron chi connectivity index (χ3n) is 4.54. The summed E-state index contributed by atoms with van der Waals surface area (Å²) in [5, 5.41) is 14.2. The highest BCUT2D eigenvalue weighted by atomic mass is 16.3. The van der Waals surface area contributed by atoms with Crippen molar-refractivity contribution in [1.82, 2.24) is 19.7 Å². The zero-order chi connectivity index (χ0) is 13.2. The van der Waals surface area contributed by atoms with Crippen LogP contribution in [-0.2, 0) is 6.54 Å². The average Bonchev–Trinajstić information content (AvgIpc) is 2.91. The van der Waals surface area contributed by atoms with Crippen molar-refractivity contribution in [3.05, 3.63) is 11.6 Å². The minimum Gasteiger partial charge on any atom is -0.396 e. The van der Waals surface area contributed by atoms with Crippen LogP contribution in [0.15, 0.2) is 0 Å². The lowest BCUT2D eigenvalue weighted by atomic mass is 9.97. The topological polar surface area (TPSA) is 54.2 Å². The van der Waals surface area contributed by atoms with Crippen molar-refractivity contribution in [2.24, 2.45) is 0 Å². The Hall–Kier alpha value is -0.940. The van der Waals surface area contributed by atoms with E-state index in [0.29, 0.717) is 5.92 Å². The van der Waals surface area contributed by atoms with Gasteiger partial charge in [-0.3, -0.25) is 0 Å². The summed E-state index contributed by atoms with van der Waals surface area (Å²) in [4.78, 5) is 7.24. The molecule has 2 atom stereocenters. The molecular formula is C14H24N4O. The quantitative estimate of drug-likeness (QED) is 0.895. The minimum atomic E-state index is 0.195. The van der Waals surface area contributed by atoms with Gasteiger partial charge in [0.25, 0.3) is 0 Å². The molecule has 2 unspecified atom stereocenters. The molecule has 19 heavy (non-hydrogen) atoms. The lowest BCUT2D eigenvalue weighted by molar-refractivity contribution is 0.213. The predicted molar refractivity (Wildman–Crippen MR) is 73.2 cm³/mol. The summed E-state index contributed by atoms with van der Waals surface area (Å²) in [6.07, 6.45) is 4.59. The molecule has 5 nitrogen and oxygen atoms in total. The number of rotatable bonds is 3. The van der Waals surface area contributed by atoms with Gasteiger partial charge in [0.1, 0.15) is 5.82 Å². The summed E-state index contributed by atoms with van der Waals surface area (Å²) in [5.41, 5.74) is 0. The van der Waals surface area contributed by atoms with Crippen LogP contribution in [0.3, 0.4) is 0 Å². The van der Waals surface area contributed by atoms with Gasteiger partial charge >= 0.3 is 0 Å². The molecule has 0 radical (unpaired) electrons. The van der Waals surface area contributed by atoms with Crippen LogP contribution in [0.5, 0.6) is 0 Å². The Balaban J connectivity index is 1.80. The van der Waals surface area contributed by atoms with Gasteiger partial charge in [-0.1, -0.05) is 6.92 Å². The van der Waals surface area contributed by atoms with Gasteiger partial charge in [0.2, 0.25) is 0 Å². The molecule has 0 amide bonds. The summed E-state index contributed by atoms with van der Waals surface area (Å²) < 4.78 is 2.03. The number of aliphatic hydroxyl groups is 1. The zero-order valence-electron chi connectivity index (χ0n) is 11.8. The number of nitrogens with zero attached hydrogens (tertiary/aromatic N) is 4. The van der Waals surface area contributed by atoms with Gasteiger partial charge in [-0.25, -0.2) is 9.67 Å². The third kappa shape index (κ3) is 2.54. The number of aryl methyl sites for hydroxylation is 1. The molecule has 1 N–H and O–H groups in total. The number of aromatic nitrogens is 3. The van der Waals surface area contributed by atoms with E-state index in [2.05, 4.69) is 11.8 Å². The van der Waals surface area contributed by atoms with Gasteiger partial charge < -0.3 is 10.0 Å². The van der Waals surface area contributed by atoms with E-state index in [1.807, 2.05) is 4.68 Å². The standard InChI is InChI=1S/C14H24N4O/c1-2-17-7-3-5-11(9-17)13-15-14-12(10-19)6-4-8-18(14)16-13/h11-12,19H,2-10H2,1H3.